The largest absolute Gasteiger partial charge is 0.373 e. The molecule has 6 nitrogen and oxygen atoms in total. The number of benzene rings is 3. The van der Waals surface area contributed by atoms with Gasteiger partial charge in [0.1, 0.15) is 6.07 Å². The predicted octanol–water partition coefficient (Wildman–Crippen LogP) is 4.23. The molecule has 34 heavy (non-hydrogen) atoms. The van der Waals surface area contributed by atoms with E-state index < -0.39 is 24.0 Å². The van der Waals surface area contributed by atoms with Crippen LogP contribution in [0.5, 0.6) is 0 Å². The van der Waals surface area contributed by atoms with Crippen molar-refractivity contribution < 1.29 is 18.7 Å². The first-order valence-electron chi connectivity index (χ1n) is 10.7. The van der Waals surface area contributed by atoms with E-state index in [1.54, 1.807) is 16.7 Å². The highest BCUT2D eigenvalue weighted by molar-refractivity contribution is 5.97. The fourth-order valence-corrected chi connectivity index (χ4v) is 3.98. The van der Waals surface area contributed by atoms with Gasteiger partial charge < -0.3 is 15.0 Å². The Kier molecular flexibility index (Phi) is 6.14. The molecule has 8 heteroatoms. The van der Waals surface area contributed by atoms with Gasteiger partial charge in [-0.3, -0.25) is 4.79 Å². The van der Waals surface area contributed by atoms with Gasteiger partial charge in [0, 0.05) is 12.1 Å². The average Bonchev–Trinajstić information content (AvgIpc) is 3.26. The summed E-state index contributed by atoms with van der Waals surface area (Å²) in [6, 6.07) is 23.8. The van der Waals surface area contributed by atoms with Crippen molar-refractivity contribution in [1.29, 1.82) is 5.26 Å². The molecule has 3 aromatic carbocycles. The smallest absolute Gasteiger partial charge is 0.348 e. The van der Waals surface area contributed by atoms with Gasteiger partial charge >= 0.3 is 5.92 Å². The van der Waals surface area contributed by atoms with Gasteiger partial charge in [-0.2, -0.15) is 14.0 Å². The molecule has 0 spiro atoms. The monoisotopic (exact) mass is 460 g/mol. The quantitative estimate of drug-likeness (QED) is 0.432. The van der Waals surface area contributed by atoms with Gasteiger partial charge in [-0.05, 0) is 36.2 Å². The van der Waals surface area contributed by atoms with E-state index in [2.05, 4.69) is 5.32 Å². The lowest BCUT2D eigenvalue weighted by Gasteiger charge is -2.29. The molecule has 0 atom stereocenters. The second-order valence-electron chi connectivity index (χ2n) is 7.82. The van der Waals surface area contributed by atoms with E-state index in [1.165, 1.54) is 6.07 Å². The summed E-state index contributed by atoms with van der Waals surface area (Å²) in [4.78, 5) is 17.2. The highest BCUT2D eigenvalue weighted by Crippen LogP contribution is 2.37. The number of halogens is 2. The van der Waals surface area contributed by atoms with Crippen LogP contribution >= 0.6 is 0 Å². The van der Waals surface area contributed by atoms with Crippen LogP contribution in [0, 0.1) is 11.3 Å². The maximum Gasteiger partial charge on any atom is 0.348 e. The minimum absolute atomic E-state index is 0.144. The third kappa shape index (κ3) is 4.14. The summed E-state index contributed by atoms with van der Waals surface area (Å²) in [7, 11) is 0. The second kappa shape index (κ2) is 9.04. The zero-order valence-corrected chi connectivity index (χ0v) is 18.4. The molecule has 0 fully saturated rings. The Labute approximate surface area is 195 Å². The second-order valence-corrected chi connectivity index (χ2v) is 7.82. The lowest BCUT2D eigenvalue weighted by Crippen LogP contribution is -2.35. The maximum atomic E-state index is 13.2. The summed E-state index contributed by atoms with van der Waals surface area (Å²) < 4.78 is 28.3. The molecular formula is C26H22F2N4O2. The number of nitrogens with one attached hydrogen (secondary N) is 1. The molecule has 172 valence electrons. The zero-order chi connectivity index (χ0) is 24.3. The normalized spacial score (nSPS) is 11.9. The van der Waals surface area contributed by atoms with Gasteiger partial charge in [0.2, 0.25) is 0 Å². The standard InChI is InChI=1S/C26H22F2N4O2/c1-2-32-22-15-18(23(33)30-17-25(27,28)16-29)13-14-21(22)31-24(32)26(34,19-9-5-3-6-10-19)20-11-7-4-8-12-20/h3-15,34H,2,17H2,1H3,(H,30,33). The van der Waals surface area contributed by atoms with Crippen LogP contribution in [0.15, 0.2) is 78.9 Å². The fraction of sp³-hybridized carbons (Fsp3) is 0.192. The molecule has 0 aliphatic rings. The third-order valence-corrected chi connectivity index (χ3v) is 5.67. The average molecular weight is 460 g/mol. The third-order valence-electron chi connectivity index (χ3n) is 5.67. The van der Waals surface area contributed by atoms with Crippen LogP contribution in [0.3, 0.4) is 0 Å². The van der Waals surface area contributed by atoms with Gasteiger partial charge in [0.25, 0.3) is 5.91 Å². The number of rotatable bonds is 7. The van der Waals surface area contributed by atoms with Gasteiger partial charge in [0.05, 0.1) is 17.6 Å². The number of nitriles is 1. The van der Waals surface area contributed by atoms with E-state index in [1.807, 2.05) is 67.6 Å². The van der Waals surface area contributed by atoms with Gasteiger partial charge in [-0.25, -0.2) is 4.98 Å². The van der Waals surface area contributed by atoms with Crippen molar-refractivity contribution in [3.8, 4) is 6.07 Å². The molecule has 4 aromatic rings. The number of aryl methyl sites for hydroxylation is 1. The summed E-state index contributed by atoms with van der Waals surface area (Å²) in [5, 5.41) is 22.7. The topological polar surface area (TPSA) is 90.9 Å². The maximum absolute atomic E-state index is 13.2. The van der Waals surface area contributed by atoms with Gasteiger partial charge in [0.15, 0.2) is 11.4 Å². The molecule has 0 saturated carbocycles. The van der Waals surface area contributed by atoms with Crippen LogP contribution in [0.1, 0.15) is 34.2 Å². The van der Waals surface area contributed by atoms with E-state index in [-0.39, 0.29) is 5.56 Å². The summed E-state index contributed by atoms with van der Waals surface area (Å²) in [6.45, 7) is 1.24. The van der Waals surface area contributed by atoms with Crippen molar-refractivity contribution >= 4 is 16.9 Å². The van der Waals surface area contributed by atoms with E-state index in [0.29, 0.717) is 34.5 Å². The molecule has 2 N–H and O–H groups in total. The molecule has 0 saturated heterocycles. The van der Waals surface area contributed by atoms with E-state index in [4.69, 9.17) is 10.2 Å². The Hall–Kier alpha value is -4.09. The molecule has 1 heterocycles. The first-order chi connectivity index (χ1) is 16.3. The number of nitrogens with zero attached hydrogens (tertiary/aromatic N) is 3. The molecule has 4 rings (SSSR count). The number of hydrogen-bond acceptors (Lipinski definition) is 4. The predicted molar refractivity (Wildman–Crippen MR) is 123 cm³/mol. The number of carbonyl (C=O) groups is 1. The molecule has 0 aliphatic heterocycles. The molecular weight excluding hydrogens is 438 g/mol. The number of alkyl halides is 2. The molecule has 1 aromatic heterocycles. The lowest BCUT2D eigenvalue weighted by atomic mass is 9.85. The minimum atomic E-state index is -3.65. The number of hydrogen-bond donors (Lipinski definition) is 2. The highest BCUT2D eigenvalue weighted by atomic mass is 19.3. The zero-order valence-electron chi connectivity index (χ0n) is 18.4. The van der Waals surface area contributed by atoms with Crippen molar-refractivity contribution in [2.45, 2.75) is 25.0 Å². The summed E-state index contributed by atoms with van der Waals surface area (Å²) in [5.41, 5.74) is 0.939. The molecule has 1 amide bonds. The van der Waals surface area contributed by atoms with Gasteiger partial charge in [-0.15, -0.1) is 0 Å². The number of aromatic nitrogens is 2. The Bertz CT molecular complexity index is 1320. The first kappa shape index (κ1) is 23.1. The van der Waals surface area contributed by atoms with E-state index in [9.17, 15) is 18.7 Å². The number of fused-ring (bicyclic) bond motifs is 1. The number of carbonyl (C=O) groups excluding carboxylic acids is 1. The van der Waals surface area contributed by atoms with Gasteiger partial charge in [-0.1, -0.05) is 60.7 Å². The molecule has 0 bridgehead atoms. The van der Waals surface area contributed by atoms with Crippen LogP contribution in [-0.2, 0) is 12.1 Å². The Morgan fingerprint density at radius 3 is 2.18 bits per heavy atom. The summed E-state index contributed by atoms with van der Waals surface area (Å²) in [6.07, 6.45) is 0. The number of amides is 1. The highest BCUT2D eigenvalue weighted by Gasteiger charge is 2.39. The van der Waals surface area contributed by atoms with E-state index >= 15 is 0 Å². The number of aliphatic hydroxyl groups is 1. The Morgan fingerprint density at radius 1 is 1.06 bits per heavy atom. The van der Waals surface area contributed by atoms with E-state index in [0.717, 1.165) is 6.07 Å². The van der Waals surface area contributed by atoms with Crippen molar-refractivity contribution in [1.82, 2.24) is 14.9 Å². The van der Waals surface area contributed by atoms with Crippen molar-refractivity contribution in [3.63, 3.8) is 0 Å². The molecule has 0 aliphatic carbocycles. The van der Waals surface area contributed by atoms with Crippen molar-refractivity contribution in [3.05, 3.63) is 101 Å². The fourth-order valence-electron chi connectivity index (χ4n) is 3.98. The van der Waals surface area contributed by atoms with Crippen LogP contribution in [0.25, 0.3) is 11.0 Å². The minimum Gasteiger partial charge on any atom is -0.373 e. The van der Waals surface area contributed by atoms with Crippen LogP contribution in [-0.4, -0.2) is 33.0 Å². The Balaban J connectivity index is 1.84. The van der Waals surface area contributed by atoms with Crippen molar-refractivity contribution in [2.24, 2.45) is 0 Å². The molecule has 0 radical (unpaired) electrons. The first-order valence-corrected chi connectivity index (χ1v) is 10.7. The SMILES string of the molecule is CCn1c(C(O)(c2ccccc2)c2ccccc2)nc2ccc(C(=O)NCC(F)(F)C#N)cc21. The molecule has 0 unspecified atom stereocenters. The summed E-state index contributed by atoms with van der Waals surface area (Å²) >= 11 is 0. The Morgan fingerprint density at radius 2 is 1.65 bits per heavy atom. The van der Waals surface area contributed by atoms with Crippen LogP contribution < -0.4 is 5.32 Å². The van der Waals surface area contributed by atoms with Crippen LogP contribution in [0.4, 0.5) is 8.78 Å². The van der Waals surface area contributed by atoms with Crippen molar-refractivity contribution in [2.75, 3.05) is 6.54 Å². The van der Waals surface area contributed by atoms with Crippen LogP contribution in [0.2, 0.25) is 0 Å². The summed E-state index contributed by atoms with van der Waals surface area (Å²) in [5.74, 6) is -4.01. The lowest BCUT2D eigenvalue weighted by molar-refractivity contribution is 0.0578. The number of imidazole rings is 1.